The number of esters is 1. The maximum Gasteiger partial charge on any atom is 0.323 e. The van der Waals surface area contributed by atoms with Crippen molar-refractivity contribution in [1.29, 1.82) is 0 Å². The van der Waals surface area contributed by atoms with Gasteiger partial charge in [-0.1, -0.05) is 0 Å². The molecule has 0 rings (SSSR count). The van der Waals surface area contributed by atoms with E-state index in [9.17, 15) is 4.79 Å². The molecule has 0 spiro atoms. The molecule has 1 N–H and O–H groups in total. The van der Waals surface area contributed by atoms with Gasteiger partial charge in [-0.2, -0.15) is 0 Å². The van der Waals surface area contributed by atoms with Crippen LogP contribution in [0.4, 0.5) is 0 Å². The Morgan fingerprint density at radius 3 is 2.43 bits per heavy atom. The first-order chi connectivity index (χ1) is 6.49. The van der Waals surface area contributed by atoms with Crippen LogP contribution in [-0.4, -0.2) is 48.3 Å². The molecule has 0 aliphatic carbocycles. The molecule has 0 aliphatic heterocycles. The summed E-state index contributed by atoms with van der Waals surface area (Å²) in [7, 11) is 1.85. The summed E-state index contributed by atoms with van der Waals surface area (Å²) in [5, 5.41) is 8.64. The van der Waals surface area contributed by atoms with E-state index in [0.29, 0.717) is 13.0 Å². The monoisotopic (exact) mass is 203 g/mol. The number of hydrogen-bond acceptors (Lipinski definition) is 4. The standard InChI is InChI=1S/C10H21NO3/c1-8(2)14-10(13)9(3)11(4)6-5-7-12/h8-9,12H,5-7H2,1-4H3. The van der Waals surface area contributed by atoms with Crippen LogP contribution < -0.4 is 0 Å². The molecule has 0 aromatic rings. The zero-order valence-corrected chi connectivity index (χ0v) is 9.49. The minimum atomic E-state index is -0.246. The molecule has 0 saturated heterocycles. The van der Waals surface area contributed by atoms with E-state index in [1.165, 1.54) is 0 Å². The summed E-state index contributed by atoms with van der Waals surface area (Å²) in [6.07, 6.45) is 0.603. The van der Waals surface area contributed by atoms with Crippen molar-refractivity contribution in [3.63, 3.8) is 0 Å². The maximum atomic E-state index is 11.4. The second-order valence-electron chi connectivity index (χ2n) is 3.72. The Kier molecular flexibility index (Phi) is 6.49. The molecule has 4 heteroatoms. The lowest BCUT2D eigenvalue weighted by molar-refractivity contribution is -0.152. The fraction of sp³-hybridized carbons (Fsp3) is 0.900. The van der Waals surface area contributed by atoms with Crippen LogP contribution in [0.5, 0.6) is 0 Å². The van der Waals surface area contributed by atoms with Crippen LogP contribution in [-0.2, 0) is 9.53 Å². The minimum absolute atomic E-state index is 0.0730. The summed E-state index contributed by atoms with van der Waals surface area (Å²) in [6, 6.07) is -0.246. The van der Waals surface area contributed by atoms with Gasteiger partial charge in [-0.3, -0.25) is 9.69 Å². The van der Waals surface area contributed by atoms with E-state index in [-0.39, 0.29) is 24.7 Å². The molecule has 0 bridgehead atoms. The van der Waals surface area contributed by atoms with E-state index in [0.717, 1.165) is 0 Å². The van der Waals surface area contributed by atoms with Crippen LogP contribution >= 0.6 is 0 Å². The van der Waals surface area contributed by atoms with Crippen molar-refractivity contribution in [3.8, 4) is 0 Å². The first-order valence-corrected chi connectivity index (χ1v) is 5.00. The van der Waals surface area contributed by atoms with Crippen LogP contribution in [0.3, 0.4) is 0 Å². The topological polar surface area (TPSA) is 49.8 Å². The van der Waals surface area contributed by atoms with Crippen molar-refractivity contribution in [2.45, 2.75) is 39.3 Å². The molecule has 0 saturated carbocycles. The van der Waals surface area contributed by atoms with E-state index in [2.05, 4.69) is 0 Å². The van der Waals surface area contributed by atoms with Crippen molar-refractivity contribution in [2.24, 2.45) is 0 Å². The van der Waals surface area contributed by atoms with E-state index >= 15 is 0 Å². The zero-order valence-electron chi connectivity index (χ0n) is 9.49. The first kappa shape index (κ1) is 13.4. The Balaban J connectivity index is 3.90. The minimum Gasteiger partial charge on any atom is -0.462 e. The van der Waals surface area contributed by atoms with Crippen molar-refractivity contribution in [1.82, 2.24) is 4.90 Å². The molecular weight excluding hydrogens is 182 g/mol. The summed E-state index contributed by atoms with van der Waals surface area (Å²) >= 11 is 0. The first-order valence-electron chi connectivity index (χ1n) is 5.00. The molecule has 0 heterocycles. The number of ether oxygens (including phenoxy) is 1. The van der Waals surface area contributed by atoms with Gasteiger partial charge in [0.15, 0.2) is 0 Å². The van der Waals surface area contributed by atoms with Crippen molar-refractivity contribution >= 4 is 5.97 Å². The molecule has 0 aromatic heterocycles. The normalized spacial score (nSPS) is 13.4. The van der Waals surface area contributed by atoms with Gasteiger partial charge in [0.25, 0.3) is 0 Å². The van der Waals surface area contributed by atoms with Gasteiger partial charge in [0.1, 0.15) is 6.04 Å². The second-order valence-corrected chi connectivity index (χ2v) is 3.72. The van der Waals surface area contributed by atoms with Crippen LogP contribution in [0.15, 0.2) is 0 Å². The summed E-state index contributed by atoms with van der Waals surface area (Å²) in [6.45, 7) is 6.32. The molecule has 14 heavy (non-hydrogen) atoms. The average molecular weight is 203 g/mol. The maximum absolute atomic E-state index is 11.4. The largest absolute Gasteiger partial charge is 0.462 e. The zero-order chi connectivity index (χ0) is 11.1. The van der Waals surface area contributed by atoms with Crippen molar-refractivity contribution in [2.75, 3.05) is 20.2 Å². The lowest BCUT2D eigenvalue weighted by Gasteiger charge is -2.23. The Morgan fingerprint density at radius 2 is 2.00 bits per heavy atom. The number of nitrogens with zero attached hydrogens (tertiary/aromatic N) is 1. The van der Waals surface area contributed by atoms with E-state index in [1.54, 1.807) is 0 Å². The molecule has 0 aromatic carbocycles. The van der Waals surface area contributed by atoms with Gasteiger partial charge >= 0.3 is 5.97 Å². The highest BCUT2D eigenvalue weighted by atomic mass is 16.5. The molecule has 4 nitrogen and oxygen atoms in total. The number of carbonyl (C=O) groups excluding carboxylic acids is 1. The quantitative estimate of drug-likeness (QED) is 0.644. The summed E-state index contributed by atoms with van der Waals surface area (Å²) in [5.41, 5.74) is 0. The molecule has 0 fully saturated rings. The molecule has 0 amide bonds. The molecule has 84 valence electrons. The molecule has 0 radical (unpaired) electrons. The van der Waals surface area contributed by atoms with Crippen molar-refractivity contribution < 1.29 is 14.6 Å². The Labute approximate surface area is 85.9 Å². The van der Waals surface area contributed by atoms with E-state index in [4.69, 9.17) is 9.84 Å². The van der Waals surface area contributed by atoms with Gasteiger partial charge in [0.2, 0.25) is 0 Å². The average Bonchev–Trinajstić information content (AvgIpc) is 2.11. The Bertz CT molecular complexity index is 171. The van der Waals surface area contributed by atoms with Gasteiger partial charge in [-0.25, -0.2) is 0 Å². The number of likely N-dealkylation sites (N-methyl/N-ethyl adjacent to an activating group) is 1. The van der Waals surface area contributed by atoms with Gasteiger partial charge in [0, 0.05) is 13.2 Å². The number of carbonyl (C=O) groups is 1. The van der Waals surface area contributed by atoms with Crippen LogP contribution in [0.25, 0.3) is 0 Å². The van der Waals surface area contributed by atoms with Crippen LogP contribution in [0, 0.1) is 0 Å². The van der Waals surface area contributed by atoms with Crippen LogP contribution in [0.2, 0.25) is 0 Å². The molecule has 1 atom stereocenters. The lowest BCUT2D eigenvalue weighted by atomic mass is 10.3. The SMILES string of the molecule is CC(C)OC(=O)C(C)N(C)CCCO. The van der Waals surface area contributed by atoms with Gasteiger partial charge < -0.3 is 9.84 Å². The molecular formula is C10H21NO3. The summed E-state index contributed by atoms with van der Waals surface area (Å²) in [4.78, 5) is 13.3. The smallest absolute Gasteiger partial charge is 0.323 e. The number of hydrogen-bond donors (Lipinski definition) is 1. The highest BCUT2D eigenvalue weighted by molar-refractivity contribution is 5.75. The second kappa shape index (κ2) is 6.79. The Morgan fingerprint density at radius 1 is 1.43 bits per heavy atom. The Hall–Kier alpha value is -0.610. The number of aliphatic hydroxyl groups excluding tert-OH is 1. The third-order valence-electron chi connectivity index (χ3n) is 2.02. The number of rotatable bonds is 6. The van der Waals surface area contributed by atoms with Gasteiger partial charge in [-0.15, -0.1) is 0 Å². The summed E-state index contributed by atoms with van der Waals surface area (Å²) < 4.78 is 5.07. The van der Waals surface area contributed by atoms with E-state index in [1.807, 2.05) is 32.7 Å². The van der Waals surface area contributed by atoms with E-state index < -0.39 is 0 Å². The van der Waals surface area contributed by atoms with Crippen molar-refractivity contribution in [3.05, 3.63) is 0 Å². The highest BCUT2D eigenvalue weighted by Gasteiger charge is 2.19. The fourth-order valence-electron chi connectivity index (χ4n) is 1.02. The third kappa shape index (κ3) is 5.19. The third-order valence-corrected chi connectivity index (χ3v) is 2.02. The van der Waals surface area contributed by atoms with Crippen LogP contribution in [0.1, 0.15) is 27.2 Å². The predicted molar refractivity (Wildman–Crippen MR) is 55.0 cm³/mol. The molecule has 0 aliphatic rings. The van der Waals surface area contributed by atoms with Gasteiger partial charge in [0.05, 0.1) is 6.10 Å². The number of aliphatic hydroxyl groups is 1. The fourth-order valence-corrected chi connectivity index (χ4v) is 1.02. The summed E-state index contributed by atoms with van der Waals surface area (Å²) in [5.74, 6) is -0.208. The highest BCUT2D eigenvalue weighted by Crippen LogP contribution is 2.01. The predicted octanol–water partition coefficient (Wildman–Crippen LogP) is 0.641. The van der Waals surface area contributed by atoms with Gasteiger partial charge in [-0.05, 0) is 34.2 Å². The molecule has 1 unspecified atom stereocenters. The lowest BCUT2D eigenvalue weighted by Crippen LogP contribution is -2.38.